The van der Waals surface area contributed by atoms with Crippen LogP contribution in [0.3, 0.4) is 0 Å². The molecule has 0 saturated heterocycles. The van der Waals surface area contributed by atoms with Crippen molar-refractivity contribution in [1.82, 2.24) is 0 Å². The SMILES string of the molecule is COc1c(C)cc(C2CCC(C)C2)cc1C. The van der Waals surface area contributed by atoms with Crippen LogP contribution in [0.25, 0.3) is 0 Å². The normalized spacial score (nSPS) is 24.8. The molecule has 0 aliphatic heterocycles. The fourth-order valence-electron chi connectivity index (χ4n) is 3.05. The average Bonchev–Trinajstić information content (AvgIpc) is 2.64. The number of rotatable bonds is 2. The molecule has 2 atom stereocenters. The summed E-state index contributed by atoms with van der Waals surface area (Å²) in [5, 5.41) is 0. The second kappa shape index (κ2) is 4.48. The highest BCUT2D eigenvalue weighted by Crippen LogP contribution is 2.39. The van der Waals surface area contributed by atoms with Gasteiger partial charge >= 0.3 is 0 Å². The molecule has 1 heteroatoms. The van der Waals surface area contributed by atoms with Gasteiger partial charge in [-0.3, -0.25) is 0 Å². The Morgan fingerprint density at radius 1 is 1.12 bits per heavy atom. The lowest BCUT2D eigenvalue weighted by Gasteiger charge is -2.15. The lowest BCUT2D eigenvalue weighted by Crippen LogP contribution is -1.98. The Morgan fingerprint density at radius 3 is 2.19 bits per heavy atom. The first-order valence-electron chi connectivity index (χ1n) is 6.27. The molecule has 0 N–H and O–H groups in total. The standard InChI is InChI=1S/C15H22O/c1-10-5-6-13(7-10)14-8-11(2)15(16-4)12(3)9-14/h8-10,13H,5-7H2,1-4H3. The molecule has 88 valence electrons. The molecule has 0 amide bonds. The largest absolute Gasteiger partial charge is 0.496 e. The molecule has 1 aliphatic carbocycles. The first-order valence-corrected chi connectivity index (χ1v) is 6.27. The predicted octanol–water partition coefficient (Wildman–Crippen LogP) is 4.22. The topological polar surface area (TPSA) is 9.23 Å². The van der Waals surface area contributed by atoms with Gasteiger partial charge in [-0.2, -0.15) is 0 Å². The van der Waals surface area contributed by atoms with Gasteiger partial charge in [0.15, 0.2) is 0 Å². The van der Waals surface area contributed by atoms with Gasteiger partial charge in [0.25, 0.3) is 0 Å². The Kier molecular flexibility index (Phi) is 3.22. The molecule has 0 heterocycles. The maximum Gasteiger partial charge on any atom is 0.124 e. The van der Waals surface area contributed by atoms with Crippen molar-refractivity contribution in [1.29, 1.82) is 0 Å². The van der Waals surface area contributed by atoms with E-state index in [0.29, 0.717) is 0 Å². The summed E-state index contributed by atoms with van der Waals surface area (Å²) in [4.78, 5) is 0. The Morgan fingerprint density at radius 2 is 1.75 bits per heavy atom. The lowest BCUT2D eigenvalue weighted by atomic mass is 9.93. The zero-order chi connectivity index (χ0) is 11.7. The molecule has 2 unspecified atom stereocenters. The second-order valence-corrected chi connectivity index (χ2v) is 5.30. The third-order valence-electron chi connectivity index (χ3n) is 3.85. The number of methoxy groups -OCH3 is 1. The van der Waals surface area contributed by atoms with Gasteiger partial charge in [-0.1, -0.05) is 25.5 Å². The second-order valence-electron chi connectivity index (χ2n) is 5.30. The molecule has 1 aromatic rings. The zero-order valence-electron chi connectivity index (χ0n) is 10.8. The molecular weight excluding hydrogens is 196 g/mol. The van der Waals surface area contributed by atoms with E-state index in [1.165, 1.54) is 36.0 Å². The summed E-state index contributed by atoms with van der Waals surface area (Å²) < 4.78 is 5.41. The van der Waals surface area contributed by atoms with Gasteiger partial charge in [0.2, 0.25) is 0 Å². The molecule has 1 fully saturated rings. The number of aryl methyl sites for hydroxylation is 2. The van der Waals surface area contributed by atoms with Crippen LogP contribution in [0, 0.1) is 19.8 Å². The summed E-state index contributed by atoms with van der Waals surface area (Å²) in [5.74, 6) is 2.72. The van der Waals surface area contributed by atoms with Gasteiger partial charge in [-0.25, -0.2) is 0 Å². The fourth-order valence-corrected chi connectivity index (χ4v) is 3.05. The van der Waals surface area contributed by atoms with Gasteiger partial charge in [-0.05, 0) is 55.2 Å². The molecule has 1 saturated carbocycles. The van der Waals surface area contributed by atoms with E-state index in [-0.39, 0.29) is 0 Å². The first kappa shape index (κ1) is 11.5. The monoisotopic (exact) mass is 218 g/mol. The summed E-state index contributed by atoms with van der Waals surface area (Å²) >= 11 is 0. The van der Waals surface area contributed by atoms with Crippen molar-refractivity contribution in [3.8, 4) is 5.75 Å². The van der Waals surface area contributed by atoms with E-state index in [2.05, 4.69) is 32.9 Å². The fraction of sp³-hybridized carbons (Fsp3) is 0.600. The minimum Gasteiger partial charge on any atom is -0.496 e. The Bertz CT molecular complexity index is 358. The quantitative estimate of drug-likeness (QED) is 0.722. The smallest absolute Gasteiger partial charge is 0.124 e. The minimum absolute atomic E-state index is 0.776. The molecule has 0 aromatic heterocycles. The van der Waals surface area contributed by atoms with Gasteiger partial charge in [0, 0.05) is 0 Å². The van der Waals surface area contributed by atoms with E-state index in [1.54, 1.807) is 7.11 Å². The molecule has 1 aromatic carbocycles. The highest BCUT2D eigenvalue weighted by molar-refractivity contribution is 5.44. The van der Waals surface area contributed by atoms with Crippen LogP contribution < -0.4 is 4.74 Å². The van der Waals surface area contributed by atoms with Crippen LogP contribution in [0.2, 0.25) is 0 Å². The molecular formula is C15H22O. The summed E-state index contributed by atoms with van der Waals surface area (Å²) in [6.07, 6.45) is 4.09. The van der Waals surface area contributed by atoms with Crippen molar-refractivity contribution in [2.24, 2.45) is 5.92 Å². The van der Waals surface area contributed by atoms with E-state index in [0.717, 1.165) is 17.6 Å². The lowest BCUT2D eigenvalue weighted by molar-refractivity contribution is 0.408. The van der Waals surface area contributed by atoms with Crippen molar-refractivity contribution in [3.05, 3.63) is 28.8 Å². The van der Waals surface area contributed by atoms with Gasteiger partial charge in [-0.15, -0.1) is 0 Å². The van der Waals surface area contributed by atoms with E-state index in [4.69, 9.17) is 4.74 Å². The summed E-state index contributed by atoms with van der Waals surface area (Å²) in [6, 6.07) is 4.63. The van der Waals surface area contributed by atoms with Gasteiger partial charge in [0.05, 0.1) is 7.11 Å². The summed E-state index contributed by atoms with van der Waals surface area (Å²) in [6.45, 7) is 6.66. The first-order chi connectivity index (χ1) is 7.61. The van der Waals surface area contributed by atoms with Crippen LogP contribution in [0.5, 0.6) is 5.75 Å². The molecule has 0 radical (unpaired) electrons. The van der Waals surface area contributed by atoms with Crippen LogP contribution in [-0.4, -0.2) is 7.11 Å². The van der Waals surface area contributed by atoms with Crippen molar-refractivity contribution in [3.63, 3.8) is 0 Å². The Labute approximate surface area is 98.8 Å². The van der Waals surface area contributed by atoms with Crippen LogP contribution in [0.4, 0.5) is 0 Å². The van der Waals surface area contributed by atoms with Crippen LogP contribution in [-0.2, 0) is 0 Å². The molecule has 1 aliphatic rings. The highest BCUT2D eigenvalue weighted by atomic mass is 16.5. The van der Waals surface area contributed by atoms with Gasteiger partial charge < -0.3 is 4.74 Å². The number of ether oxygens (including phenoxy) is 1. The van der Waals surface area contributed by atoms with Crippen LogP contribution >= 0.6 is 0 Å². The summed E-state index contributed by atoms with van der Waals surface area (Å²) in [5.41, 5.74) is 4.06. The maximum absolute atomic E-state index is 5.41. The van der Waals surface area contributed by atoms with E-state index < -0.39 is 0 Å². The van der Waals surface area contributed by atoms with E-state index in [1.807, 2.05) is 0 Å². The molecule has 0 spiro atoms. The Balaban J connectivity index is 2.29. The molecule has 1 nitrogen and oxygen atoms in total. The van der Waals surface area contributed by atoms with Crippen LogP contribution in [0.15, 0.2) is 12.1 Å². The van der Waals surface area contributed by atoms with Crippen molar-refractivity contribution >= 4 is 0 Å². The molecule has 0 bridgehead atoms. The Hall–Kier alpha value is -0.980. The highest BCUT2D eigenvalue weighted by Gasteiger charge is 2.23. The third-order valence-corrected chi connectivity index (χ3v) is 3.85. The zero-order valence-corrected chi connectivity index (χ0v) is 10.8. The van der Waals surface area contributed by atoms with E-state index in [9.17, 15) is 0 Å². The van der Waals surface area contributed by atoms with Crippen molar-refractivity contribution in [2.75, 3.05) is 7.11 Å². The van der Waals surface area contributed by atoms with E-state index >= 15 is 0 Å². The molecule has 16 heavy (non-hydrogen) atoms. The predicted molar refractivity (Wildman–Crippen MR) is 68.2 cm³/mol. The number of hydrogen-bond acceptors (Lipinski definition) is 1. The van der Waals surface area contributed by atoms with Crippen LogP contribution in [0.1, 0.15) is 48.8 Å². The minimum atomic E-state index is 0.776. The average molecular weight is 218 g/mol. The van der Waals surface area contributed by atoms with Crippen molar-refractivity contribution in [2.45, 2.75) is 46.0 Å². The van der Waals surface area contributed by atoms with Crippen molar-refractivity contribution < 1.29 is 4.74 Å². The summed E-state index contributed by atoms with van der Waals surface area (Å²) in [7, 11) is 1.76. The number of hydrogen-bond donors (Lipinski definition) is 0. The number of benzene rings is 1. The van der Waals surface area contributed by atoms with Gasteiger partial charge in [0.1, 0.15) is 5.75 Å². The maximum atomic E-state index is 5.41. The third kappa shape index (κ3) is 2.09. The molecule has 2 rings (SSSR count).